The van der Waals surface area contributed by atoms with E-state index in [0.29, 0.717) is 12.4 Å². The van der Waals surface area contributed by atoms with Gasteiger partial charge < -0.3 is 5.32 Å². The summed E-state index contributed by atoms with van der Waals surface area (Å²) in [5.41, 5.74) is 2.68. The van der Waals surface area contributed by atoms with Crippen molar-refractivity contribution in [2.24, 2.45) is 5.92 Å². The van der Waals surface area contributed by atoms with Crippen molar-refractivity contribution in [1.29, 1.82) is 0 Å². The minimum atomic E-state index is 0.0674. The summed E-state index contributed by atoms with van der Waals surface area (Å²) in [6.45, 7) is 0.414. The molecular formula is C14H16N4O. The number of benzene rings is 1. The second-order valence-electron chi connectivity index (χ2n) is 4.86. The first-order valence-corrected chi connectivity index (χ1v) is 6.51. The van der Waals surface area contributed by atoms with Gasteiger partial charge in [0.2, 0.25) is 5.91 Å². The Labute approximate surface area is 111 Å². The molecule has 0 saturated heterocycles. The summed E-state index contributed by atoms with van der Waals surface area (Å²) in [6, 6.07) is 8.36. The lowest BCUT2D eigenvalue weighted by Crippen LogP contribution is -2.33. The molecule has 0 aliphatic heterocycles. The number of hydrogen-bond acceptors (Lipinski definition) is 3. The average Bonchev–Trinajstić information content (AvgIpc) is 2.97. The van der Waals surface area contributed by atoms with Crippen molar-refractivity contribution in [1.82, 2.24) is 20.5 Å². The Bertz CT molecular complexity index is 565. The second-order valence-corrected chi connectivity index (χ2v) is 4.86. The first-order chi connectivity index (χ1) is 9.33. The van der Waals surface area contributed by atoms with Gasteiger partial charge in [0.05, 0.1) is 6.54 Å². The number of nitrogens with zero attached hydrogens (tertiary/aromatic N) is 2. The van der Waals surface area contributed by atoms with E-state index in [4.69, 9.17) is 0 Å². The molecule has 19 heavy (non-hydrogen) atoms. The molecule has 1 unspecified atom stereocenters. The third-order valence-electron chi connectivity index (χ3n) is 3.61. The van der Waals surface area contributed by atoms with Crippen molar-refractivity contribution in [2.45, 2.75) is 25.8 Å². The molecule has 1 aromatic heterocycles. The Balaban J connectivity index is 1.60. The number of nitrogens with one attached hydrogen (secondary N) is 2. The van der Waals surface area contributed by atoms with Crippen LogP contribution in [0.2, 0.25) is 0 Å². The molecule has 0 spiro atoms. The maximum atomic E-state index is 12.1. The fraction of sp³-hybridized carbons (Fsp3) is 0.357. The van der Waals surface area contributed by atoms with Crippen molar-refractivity contribution in [3.8, 4) is 0 Å². The fourth-order valence-corrected chi connectivity index (χ4v) is 2.55. The lowest BCUT2D eigenvalue weighted by Gasteiger charge is -2.23. The van der Waals surface area contributed by atoms with E-state index in [2.05, 4.69) is 38.7 Å². The normalized spacial score (nSPS) is 17.8. The smallest absolute Gasteiger partial charge is 0.223 e. The van der Waals surface area contributed by atoms with Gasteiger partial charge in [0.1, 0.15) is 12.2 Å². The van der Waals surface area contributed by atoms with Gasteiger partial charge in [-0.15, -0.1) is 0 Å². The summed E-state index contributed by atoms with van der Waals surface area (Å²) in [5, 5.41) is 9.40. The lowest BCUT2D eigenvalue weighted by molar-refractivity contribution is -0.125. The van der Waals surface area contributed by atoms with Crippen LogP contribution in [-0.4, -0.2) is 21.1 Å². The van der Waals surface area contributed by atoms with Crippen LogP contribution in [0, 0.1) is 5.92 Å². The van der Waals surface area contributed by atoms with Gasteiger partial charge in [0.25, 0.3) is 0 Å². The Kier molecular flexibility index (Phi) is 3.27. The number of carbonyl (C=O) groups is 1. The highest BCUT2D eigenvalue weighted by molar-refractivity contribution is 5.79. The number of aromatic amines is 1. The molecule has 1 aromatic carbocycles. The second kappa shape index (κ2) is 5.22. The van der Waals surface area contributed by atoms with Crippen LogP contribution >= 0.6 is 0 Å². The molecule has 0 radical (unpaired) electrons. The third-order valence-corrected chi connectivity index (χ3v) is 3.61. The fourth-order valence-electron chi connectivity index (χ4n) is 2.55. The lowest BCUT2D eigenvalue weighted by atomic mass is 9.83. The molecule has 0 saturated carbocycles. The maximum Gasteiger partial charge on any atom is 0.223 e. The molecule has 1 aliphatic carbocycles. The van der Waals surface area contributed by atoms with Crippen LogP contribution in [0.25, 0.3) is 0 Å². The summed E-state index contributed by atoms with van der Waals surface area (Å²) in [4.78, 5) is 16.1. The molecule has 2 aromatic rings. The zero-order valence-corrected chi connectivity index (χ0v) is 10.6. The predicted molar refractivity (Wildman–Crippen MR) is 70.2 cm³/mol. The van der Waals surface area contributed by atoms with E-state index in [1.165, 1.54) is 17.5 Å². The zero-order valence-electron chi connectivity index (χ0n) is 10.6. The highest BCUT2D eigenvalue weighted by Crippen LogP contribution is 2.25. The summed E-state index contributed by atoms with van der Waals surface area (Å²) < 4.78 is 0. The van der Waals surface area contributed by atoms with Gasteiger partial charge in [0.15, 0.2) is 0 Å². The van der Waals surface area contributed by atoms with Gasteiger partial charge in [-0.05, 0) is 30.4 Å². The van der Waals surface area contributed by atoms with Crippen LogP contribution < -0.4 is 5.32 Å². The number of rotatable bonds is 3. The minimum absolute atomic E-state index is 0.0674. The van der Waals surface area contributed by atoms with Crippen molar-refractivity contribution >= 4 is 5.91 Å². The number of H-pyrrole nitrogens is 1. The van der Waals surface area contributed by atoms with E-state index in [-0.39, 0.29) is 11.8 Å². The van der Waals surface area contributed by atoms with Crippen LogP contribution in [-0.2, 0) is 24.2 Å². The Morgan fingerprint density at radius 3 is 3.00 bits per heavy atom. The highest BCUT2D eigenvalue weighted by atomic mass is 16.1. The summed E-state index contributed by atoms with van der Waals surface area (Å²) in [5.74, 6) is 0.855. The predicted octanol–water partition coefficient (Wildman–Crippen LogP) is 1.23. The molecule has 2 N–H and O–H groups in total. The van der Waals surface area contributed by atoms with Crippen LogP contribution in [0.3, 0.4) is 0 Å². The molecular weight excluding hydrogens is 240 g/mol. The molecule has 1 atom stereocenters. The van der Waals surface area contributed by atoms with E-state index in [9.17, 15) is 4.79 Å². The molecule has 0 bridgehead atoms. The Hall–Kier alpha value is -2.17. The van der Waals surface area contributed by atoms with Crippen LogP contribution in [0.1, 0.15) is 23.4 Å². The quantitative estimate of drug-likeness (QED) is 0.867. The van der Waals surface area contributed by atoms with E-state index >= 15 is 0 Å². The molecule has 1 heterocycles. The molecule has 98 valence electrons. The molecule has 1 amide bonds. The number of carbonyl (C=O) groups excluding carboxylic acids is 1. The molecule has 5 nitrogen and oxygen atoms in total. The van der Waals surface area contributed by atoms with Gasteiger partial charge in [-0.25, -0.2) is 4.98 Å². The summed E-state index contributed by atoms with van der Waals surface area (Å²) in [6.07, 6.45) is 4.17. The first-order valence-electron chi connectivity index (χ1n) is 6.51. The van der Waals surface area contributed by atoms with Gasteiger partial charge in [-0.1, -0.05) is 24.3 Å². The standard InChI is InChI=1S/C14H16N4O/c19-14(15-8-13-16-9-17-18-13)12-6-5-10-3-1-2-4-11(10)7-12/h1-4,9,12H,5-8H2,(H,15,19)(H,16,17,18). The highest BCUT2D eigenvalue weighted by Gasteiger charge is 2.24. The largest absolute Gasteiger partial charge is 0.349 e. The molecule has 5 heteroatoms. The van der Waals surface area contributed by atoms with E-state index in [1.807, 2.05) is 6.07 Å². The maximum absolute atomic E-state index is 12.1. The van der Waals surface area contributed by atoms with Crippen molar-refractivity contribution in [3.05, 3.63) is 47.5 Å². The Morgan fingerprint density at radius 2 is 2.21 bits per heavy atom. The number of fused-ring (bicyclic) bond motifs is 1. The van der Waals surface area contributed by atoms with Gasteiger partial charge in [-0.2, -0.15) is 5.10 Å². The number of amides is 1. The number of aromatic nitrogens is 3. The van der Waals surface area contributed by atoms with E-state index in [0.717, 1.165) is 19.3 Å². The van der Waals surface area contributed by atoms with Crippen molar-refractivity contribution in [3.63, 3.8) is 0 Å². The average molecular weight is 256 g/mol. The third kappa shape index (κ3) is 2.65. The molecule has 1 aliphatic rings. The minimum Gasteiger partial charge on any atom is -0.349 e. The topological polar surface area (TPSA) is 70.7 Å². The van der Waals surface area contributed by atoms with Crippen LogP contribution in [0.15, 0.2) is 30.6 Å². The van der Waals surface area contributed by atoms with Crippen LogP contribution in [0.4, 0.5) is 0 Å². The first kappa shape index (κ1) is 11.9. The summed E-state index contributed by atoms with van der Waals surface area (Å²) in [7, 11) is 0. The Morgan fingerprint density at radius 1 is 1.37 bits per heavy atom. The van der Waals surface area contributed by atoms with Crippen molar-refractivity contribution in [2.75, 3.05) is 0 Å². The van der Waals surface area contributed by atoms with Gasteiger partial charge in [-0.3, -0.25) is 9.89 Å². The molecule has 3 rings (SSSR count). The monoisotopic (exact) mass is 256 g/mol. The number of aryl methyl sites for hydroxylation is 1. The SMILES string of the molecule is O=C(NCc1ncn[nH]1)C1CCc2ccccc2C1. The zero-order chi connectivity index (χ0) is 13.1. The van der Waals surface area contributed by atoms with Crippen molar-refractivity contribution < 1.29 is 4.79 Å². The molecule has 0 fully saturated rings. The van der Waals surface area contributed by atoms with Gasteiger partial charge >= 0.3 is 0 Å². The number of hydrogen-bond donors (Lipinski definition) is 2. The van der Waals surface area contributed by atoms with Gasteiger partial charge in [0, 0.05) is 5.92 Å². The van der Waals surface area contributed by atoms with Crippen LogP contribution in [0.5, 0.6) is 0 Å². The van der Waals surface area contributed by atoms with E-state index in [1.54, 1.807) is 0 Å². The van der Waals surface area contributed by atoms with E-state index < -0.39 is 0 Å². The summed E-state index contributed by atoms with van der Waals surface area (Å²) >= 11 is 0.